The van der Waals surface area contributed by atoms with Gasteiger partial charge in [0.1, 0.15) is 17.1 Å². The number of rotatable bonds is 2. The van der Waals surface area contributed by atoms with E-state index in [1.165, 1.54) is 7.11 Å². The maximum Gasteiger partial charge on any atom is 0.341 e. The number of methoxy groups -OCH3 is 1. The Morgan fingerprint density at radius 3 is 1.85 bits per heavy atom. The molecule has 0 aliphatic rings. The van der Waals surface area contributed by atoms with Crippen molar-refractivity contribution in [2.45, 2.75) is 66.2 Å². The highest BCUT2D eigenvalue weighted by atomic mass is 16.5. The summed E-state index contributed by atoms with van der Waals surface area (Å²) in [5.74, 6) is 0.406. The Labute approximate surface area is 161 Å². The van der Waals surface area contributed by atoms with Gasteiger partial charge < -0.3 is 9.84 Å². The second kappa shape index (κ2) is 6.95. The van der Waals surface area contributed by atoms with Crippen molar-refractivity contribution in [2.24, 2.45) is 0 Å². The number of phenolic OH excluding ortho intramolecular Hbond substituents is 1. The maximum atomic E-state index is 12.4. The van der Waals surface area contributed by atoms with Crippen LogP contribution in [0.5, 0.6) is 5.75 Å². The fourth-order valence-electron chi connectivity index (χ4n) is 3.18. The molecule has 0 aliphatic heterocycles. The molecule has 1 N–H and O–H groups in total. The highest BCUT2D eigenvalue weighted by Crippen LogP contribution is 2.42. The van der Waals surface area contributed by atoms with E-state index in [1.807, 2.05) is 12.1 Å². The molecule has 0 fully saturated rings. The maximum absolute atomic E-state index is 12.4. The minimum absolute atomic E-state index is 0.275. The normalized spacial score (nSPS) is 12.2. The standard InChI is InChI=1S/C22H30N2O3/c1-12-17(20(26)27-9)18(24-13(2)23-12)14-10-15(21(3,4)5)19(25)16(11-14)22(6,7)8/h10-11,25H,1-9H3. The van der Waals surface area contributed by atoms with Crippen molar-refractivity contribution in [1.29, 1.82) is 0 Å². The predicted molar refractivity (Wildman–Crippen MR) is 107 cm³/mol. The van der Waals surface area contributed by atoms with Crippen molar-refractivity contribution in [3.05, 3.63) is 40.3 Å². The number of carbonyl (C=O) groups excluding carboxylic acids is 1. The number of esters is 1. The zero-order valence-corrected chi connectivity index (χ0v) is 17.8. The van der Waals surface area contributed by atoms with Gasteiger partial charge in [-0.1, -0.05) is 41.5 Å². The van der Waals surface area contributed by atoms with Crippen LogP contribution >= 0.6 is 0 Å². The summed E-state index contributed by atoms with van der Waals surface area (Å²) in [4.78, 5) is 21.3. The van der Waals surface area contributed by atoms with E-state index >= 15 is 0 Å². The van der Waals surface area contributed by atoms with Crippen molar-refractivity contribution in [2.75, 3.05) is 7.11 Å². The van der Waals surface area contributed by atoms with E-state index in [9.17, 15) is 9.90 Å². The summed E-state index contributed by atoms with van der Waals surface area (Å²) >= 11 is 0. The van der Waals surface area contributed by atoms with E-state index in [0.717, 1.165) is 16.7 Å². The molecule has 0 radical (unpaired) electrons. The molecule has 5 nitrogen and oxygen atoms in total. The number of aromatic nitrogens is 2. The molecule has 0 saturated heterocycles. The minimum atomic E-state index is -0.467. The highest BCUT2D eigenvalue weighted by molar-refractivity contribution is 5.97. The lowest BCUT2D eigenvalue weighted by atomic mass is 9.78. The summed E-state index contributed by atoms with van der Waals surface area (Å²) in [7, 11) is 1.35. The van der Waals surface area contributed by atoms with Crippen molar-refractivity contribution < 1.29 is 14.6 Å². The van der Waals surface area contributed by atoms with Gasteiger partial charge in [0, 0.05) is 16.7 Å². The fraction of sp³-hybridized carbons (Fsp3) is 0.500. The number of aromatic hydroxyl groups is 1. The third-order valence-corrected chi connectivity index (χ3v) is 4.59. The van der Waals surface area contributed by atoms with Gasteiger partial charge in [0.15, 0.2) is 0 Å². The van der Waals surface area contributed by atoms with Gasteiger partial charge in [-0.15, -0.1) is 0 Å². The average Bonchev–Trinajstić information content (AvgIpc) is 2.51. The largest absolute Gasteiger partial charge is 0.507 e. The first kappa shape index (κ1) is 20.9. The lowest BCUT2D eigenvalue weighted by Gasteiger charge is -2.28. The monoisotopic (exact) mass is 370 g/mol. The first-order valence-electron chi connectivity index (χ1n) is 9.09. The van der Waals surface area contributed by atoms with Crippen LogP contribution in [0.4, 0.5) is 0 Å². The molecular formula is C22H30N2O3. The third kappa shape index (κ3) is 4.12. The van der Waals surface area contributed by atoms with E-state index in [1.54, 1.807) is 13.8 Å². The lowest BCUT2D eigenvalue weighted by Crippen LogP contribution is -2.18. The predicted octanol–water partition coefficient (Wildman–Crippen LogP) is 4.85. The minimum Gasteiger partial charge on any atom is -0.507 e. The van der Waals surface area contributed by atoms with Crippen molar-refractivity contribution in [1.82, 2.24) is 9.97 Å². The lowest BCUT2D eigenvalue weighted by molar-refractivity contribution is 0.0599. The molecule has 1 aromatic heterocycles. The average molecular weight is 370 g/mol. The molecular weight excluding hydrogens is 340 g/mol. The van der Waals surface area contributed by atoms with Crippen LogP contribution < -0.4 is 0 Å². The Balaban J connectivity index is 2.94. The van der Waals surface area contributed by atoms with Gasteiger partial charge in [0.2, 0.25) is 0 Å². The first-order valence-corrected chi connectivity index (χ1v) is 9.09. The molecule has 0 bridgehead atoms. The van der Waals surface area contributed by atoms with Crippen molar-refractivity contribution >= 4 is 5.97 Å². The molecule has 0 amide bonds. The number of hydrogen-bond acceptors (Lipinski definition) is 5. The summed E-state index contributed by atoms with van der Waals surface area (Å²) in [6, 6.07) is 3.83. The van der Waals surface area contributed by atoms with Crippen LogP contribution in [-0.2, 0) is 15.6 Å². The molecule has 0 atom stereocenters. The topological polar surface area (TPSA) is 72.3 Å². The molecule has 2 rings (SSSR count). The zero-order chi connectivity index (χ0) is 20.7. The summed E-state index contributed by atoms with van der Waals surface area (Å²) in [6.45, 7) is 15.9. The molecule has 0 saturated carbocycles. The van der Waals surface area contributed by atoms with Gasteiger partial charge in [-0.25, -0.2) is 14.8 Å². The SMILES string of the molecule is COC(=O)c1c(C)nc(C)nc1-c1cc(C(C)(C)C)c(O)c(C(C)(C)C)c1. The smallest absolute Gasteiger partial charge is 0.341 e. The molecule has 1 aromatic carbocycles. The van der Waals surface area contributed by atoms with Crippen LogP contribution in [0.15, 0.2) is 12.1 Å². The summed E-state index contributed by atoms with van der Waals surface area (Å²) < 4.78 is 4.97. The number of ether oxygens (including phenoxy) is 1. The van der Waals surface area contributed by atoms with Crippen LogP contribution in [0.25, 0.3) is 11.3 Å². The Morgan fingerprint density at radius 1 is 0.963 bits per heavy atom. The van der Waals surface area contributed by atoms with Crippen LogP contribution in [0, 0.1) is 13.8 Å². The van der Waals surface area contributed by atoms with E-state index in [-0.39, 0.29) is 10.8 Å². The number of hydrogen-bond donors (Lipinski definition) is 1. The molecule has 146 valence electrons. The van der Waals surface area contributed by atoms with E-state index in [2.05, 4.69) is 51.5 Å². The van der Waals surface area contributed by atoms with E-state index in [4.69, 9.17) is 4.74 Å². The summed E-state index contributed by atoms with van der Waals surface area (Å²) in [5, 5.41) is 10.9. The number of phenols is 1. The van der Waals surface area contributed by atoms with E-state index in [0.29, 0.717) is 28.5 Å². The number of benzene rings is 1. The van der Waals surface area contributed by atoms with Crippen LogP contribution in [-0.4, -0.2) is 28.2 Å². The summed E-state index contributed by atoms with van der Waals surface area (Å²) in [5.41, 5.74) is 3.31. The van der Waals surface area contributed by atoms with Gasteiger partial charge in [0.05, 0.1) is 18.5 Å². The molecule has 5 heteroatoms. The van der Waals surface area contributed by atoms with Gasteiger partial charge in [-0.3, -0.25) is 0 Å². The number of aryl methyl sites for hydroxylation is 2. The van der Waals surface area contributed by atoms with Gasteiger partial charge in [-0.05, 0) is 36.8 Å². The zero-order valence-electron chi connectivity index (χ0n) is 17.8. The Bertz CT molecular complexity index is 853. The number of carbonyl (C=O) groups is 1. The molecule has 0 aliphatic carbocycles. The highest BCUT2D eigenvalue weighted by Gasteiger charge is 2.29. The van der Waals surface area contributed by atoms with Gasteiger partial charge >= 0.3 is 5.97 Å². The van der Waals surface area contributed by atoms with Crippen LogP contribution in [0.3, 0.4) is 0 Å². The van der Waals surface area contributed by atoms with Crippen molar-refractivity contribution in [3.8, 4) is 17.0 Å². The second-order valence-electron chi connectivity index (χ2n) is 8.99. The van der Waals surface area contributed by atoms with Crippen LogP contribution in [0.2, 0.25) is 0 Å². The Morgan fingerprint density at radius 2 is 1.44 bits per heavy atom. The molecule has 0 unspecified atom stereocenters. The Hall–Kier alpha value is -2.43. The fourth-order valence-corrected chi connectivity index (χ4v) is 3.18. The quantitative estimate of drug-likeness (QED) is 0.765. The second-order valence-corrected chi connectivity index (χ2v) is 8.99. The van der Waals surface area contributed by atoms with Crippen LogP contribution in [0.1, 0.15) is 74.5 Å². The summed E-state index contributed by atoms with van der Waals surface area (Å²) in [6.07, 6.45) is 0. The molecule has 1 heterocycles. The van der Waals surface area contributed by atoms with E-state index < -0.39 is 5.97 Å². The number of nitrogens with zero attached hydrogens (tertiary/aromatic N) is 2. The molecule has 0 spiro atoms. The molecule has 27 heavy (non-hydrogen) atoms. The van der Waals surface area contributed by atoms with Crippen molar-refractivity contribution in [3.63, 3.8) is 0 Å². The molecule has 2 aromatic rings. The van der Waals surface area contributed by atoms with Gasteiger partial charge in [0.25, 0.3) is 0 Å². The Kier molecular flexibility index (Phi) is 5.37. The van der Waals surface area contributed by atoms with Gasteiger partial charge in [-0.2, -0.15) is 0 Å². The third-order valence-electron chi connectivity index (χ3n) is 4.59. The first-order chi connectivity index (χ1) is 12.3.